The Kier molecular flexibility index (Phi) is 8.12. The molecule has 2 atom stereocenters. The van der Waals surface area contributed by atoms with Gasteiger partial charge in [-0.15, -0.1) is 0 Å². The van der Waals surface area contributed by atoms with E-state index >= 15 is 0 Å². The van der Waals surface area contributed by atoms with Crippen molar-refractivity contribution < 1.29 is 19.4 Å². The average Bonchev–Trinajstić information content (AvgIpc) is 2.42. The van der Waals surface area contributed by atoms with Crippen LogP contribution in [0.5, 0.6) is 0 Å². The molecule has 1 rings (SSSR count). The predicted molar refractivity (Wildman–Crippen MR) is 80.1 cm³/mol. The van der Waals surface area contributed by atoms with Crippen molar-refractivity contribution in [3.05, 3.63) is 0 Å². The van der Waals surface area contributed by atoms with Crippen molar-refractivity contribution in [2.75, 3.05) is 26.3 Å². The molecule has 1 unspecified atom stereocenters. The fraction of sp³-hybridized carbons (Fsp3) is 0.867. The second-order valence-corrected chi connectivity index (χ2v) is 6.27. The Morgan fingerprint density at radius 3 is 2.67 bits per heavy atom. The minimum Gasteiger partial charge on any atom is -0.481 e. The van der Waals surface area contributed by atoms with Gasteiger partial charge < -0.3 is 20.5 Å². The van der Waals surface area contributed by atoms with Crippen LogP contribution in [0.25, 0.3) is 0 Å². The molecule has 0 radical (unpaired) electrons. The molecule has 1 fully saturated rings. The number of urea groups is 1. The summed E-state index contributed by atoms with van der Waals surface area (Å²) < 4.78 is 5.36. The number of carboxylic acids is 1. The predicted octanol–water partition coefficient (Wildman–Crippen LogP) is 1.85. The molecular weight excluding hydrogens is 272 g/mol. The second kappa shape index (κ2) is 9.60. The number of ether oxygens (including phenoxy) is 1. The summed E-state index contributed by atoms with van der Waals surface area (Å²) in [7, 11) is 0. The molecule has 1 aliphatic rings. The van der Waals surface area contributed by atoms with Crippen LogP contribution in [0, 0.1) is 17.8 Å². The first-order valence-electron chi connectivity index (χ1n) is 7.78. The number of nitrogens with one attached hydrogen (secondary N) is 2. The molecule has 0 saturated carbocycles. The molecule has 1 heterocycles. The van der Waals surface area contributed by atoms with Crippen molar-refractivity contribution >= 4 is 12.0 Å². The fourth-order valence-electron chi connectivity index (χ4n) is 2.66. The zero-order valence-electron chi connectivity index (χ0n) is 13.1. The smallest absolute Gasteiger partial charge is 0.314 e. The lowest BCUT2D eigenvalue weighted by molar-refractivity contribution is -0.138. The summed E-state index contributed by atoms with van der Waals surface area (Å²) in [5, 5.41) is 14.5. The van der Waals surface area contributed by atoms with Gasteiger partial charge in [-0.05, 0) is 37.0 Å². The van der Waals surface area contributed by atoms with Gasteiger partial charge >= 0.3 is 12.0 Å². The van der Waals surface area contributed by atoms with E-state index in [1.54, 1.807) is 0 Å². The quantitative estimate of drug-likeness (QED) is 0.638. The molecule has 0 aromatic heterocycles. The largest absolute Gasteiger partial charge is 0.481 e. The molecule has 3 N–H and O–H groups in total. The monoisotopic (exact) mass is 300 g/mol. The van der Waals surface area contributed by atoms with Gasteiger partial charge in [0.15, 0.2) is 0 Å². The van der Waals surface area contributed by atoms with Crippen LogP contribution in [-0.4, -0.2) is 43.4 Å². The second-order valence-electron chi connectivity index (χ2n) is 6.27. The standard InChI is InChI=1S/C15H28N2O4/c1-11(2)6-13(7-14(18)19)9-17-15(20)16-8-12-4-3-5-21-10-12/h11-13H,3-10H2,1-2H3,(H,18,19)(H2,16,17,20)/t12?,13-/m0/s1. The topological polar surface area (TPSA) is 87.7 Å². The van der Waals surface area contributed by atoms with Gasteiger partial charge in [-0.25, -0.2) is 4.79 Å². The van der Waals surface area contributed by atoms with Crippen LogP contribution < -0.4 is 10.6 Å². The number of amides is 2. The molecule has 1 saturated heterocycles. The highest BCUT2D eigenvalue weighted by atomic mass is 16.5. The molecule has 0 bridgehead atoms. The SMILES string of the molecule is CC(C)C[C@H](CNC(=O)NCC1CCCOC1)CC(=O)O. The maximum absolute atomic E-state index is 11.8. The Bertz CT molecular complexity index is 328. The van der Waals surface area contributed by atoms with Crippen molar-refractivity contribution in [1.82, 2.24) is 10.6 Å². The summed E-state index contributed by atoms with van der Waals surface area (Å²) in [6.45, 7) is 6.64. The summed E-state index contributed by atoms with van der Waals surface area (Å²) in [5.74, 6) is -0.0398. The Morgan fingerprint density at radius 1 is 1.33 bits per heavy atom. The Labute approximate surface area is 126 Å². The molecule has 1 aliphatic heterocycles. The van der Waals surface area contributed by atoms with E-state index < -0.39 is 5.97 Å². The number of rotatable bonds is 8. The highest BCUT2D eigenvalue weighted by Crippen LogP contribution is 2.15. The van der Waals surface area contributed by atoms with Gasteiger partial charge in [0, 0.05) is 26.1 Å². The van der Waals surface area contributed by atoms with E-state index in [4.69, 9.17) is 9.84 Å². The Hall–Kier alpha value is -1.30. The molecular formula is C15H28N2O4. The Morgan fingerprint density at radius 2 is 2.10 bits per heavy atom. The highest BCUT2D eigenvalue weighted by molar-refractivity contribution is 5.74. The molecule has 6 heteroatoms. The van der Waals surface area contributed by atoms with Crippen LogP contribution in [0.4, 0.5) is 4.79 Å². The minimum atomic E-state index is -0.817. The summed E-state index contributed by atoms with van der Waals surface area (Å²) in [6.07, 6.45) is 3.01. The number of carbonyl (C=O) groups is 2. The van der Waals surface area contributed by atoms with Crippen molar-refractivity contribution in [2.24, 2.45) is 17.8 Å². The van der Waals surface area contributed by atoms with E-state index in [1.807, 2.05) is 0 Å². The third-order valence-corrected chi connectivity index (χ3v) is 3.63. The van der Waals surface area contributed by atoms with Crippen molar-refractivity contribution in [3.63, 3.8) is 0 Å². The van der Waals surface area contributed by atoms with E-state index in [2.05, 4.69) is 24.5 Å². The number of carboxylic acid groups (broad SMARTS) is 1. The normalized spacial score (nSPS) is 20.0. The lowest BCUT2D eigenvalue weighted by Crippen LogP contribution is -2.42. The first-order valence-corrected chi connectivity index (χ1v) is 7.78. The molecule has 6 nitrogen and oxygen atoms in total. The number of carbonyl (C=O) groups excluding carboxylic acids is 1. The summed E-state index contributed by atoms with van der Waals surface area (Å²) in [5.41, 5.74) is 0. The first-order chi connectivity index (χ1) is 9.97. The molecule has 0 aromatic rings. The van der Waals surface area contributed by atoms with Crippen LogP contribution in [0.15, 0.2) is 0 Å². The number of hydrogen-bond acceptors (Lipinski definition) is 3. The minimum absolute atomic E-state index is 0.0220. The lowest BCUT2D eigenvalue weighted by atomic mass is 9.94. The third kappa shape index (κ3) is 8.55. The van der Waals surface area contributed by atoms with E-state index in [0.717, 1.165) is 25.9 Å². The van der Waals surface area contributed by atoms with E-state index in [9.17, 15) is 9.59 Å². The molecule has 2 amide bonds. The van der Waals surface area contributed by atoms with Gasteiger partial charge in [0.2, 0.25) is 0 Å². The zero-order chi connectivity index (χ0) is 15.7. The number of aliphatic carboxylic acids is 1. The van der Waals surface area contributed by atoms with Gasteiger partial charge in [0.25, 0.3) is 0 Å². The molecule has 122 valence electrons. The van der Waals surface area contributed by atoms with E-state index in [0.29, 0.717) is 31.5 Å². The van der Waals surface area contributed by atoms with E-state index in [-0.39, 0.29) is 18.4 Å². The van der Waals surface area contributed by atoms with Crippen LogP contribution in [0.2, 0.25) is 0 Å². The van der Waals surface area contributed by atoms with Gasteiger partial charge in [0.05, 0.1) is 6.61 Å². The fourth-order valence-corrected chi connectivity index (χ4v) is 2.66. The van der Waals surface area contributed by atoms with Crippen molar-refractivity contribution in [1.29, 1.82) is 0 Å². The van der Waals surface area contributed by atoms with Crippen LogP contribution >= 0.6 is 0 Å². The first kappa shape index (κ1) is 17.8. The zero-order valence-corrected chi connectivity index (χ0v) is 13.1. The van der Waals surface area contributed by atoms with Gasteiger partial charge in [-0.2, -0.15) is 0 Å². The molecule has 21 heavy (non-hydrogen) atoms. The summed E-state index contributed by atoms with van der Waals surface area (Å²) in [4.78, 5) is 22.6. The molecule has 0 aromatic carbocycles. The molecule has 0 spiro atoms. The summed E-state index contributed by atoms with van der Waals surface area (Å²) >= 11 is 0. The Balaban J connectivity index is 2.23. The van der Waals surface area contributed by atoms with Crippen LogP contribution in [0.3, 0.4) is 0 Å². The van der Waals surface area contributed by atoms with Crippen LogP contribution in [-0.2, 0) is 9.53 Å². The van der Waals surface area contributed by atoms with E-state index in [1.165, 1.54) is 0 Å². The average molecular weight is 300 g/mol. The summed E-state index contributed by atoms with van der Waals surface area (Å²) in [6, 6.07) is -0.222. The third-order valence-electron chi connectivity index (χ3n) is 3.63. The van der Waals surface area contributed by atoms with Crippen LogP contribution in [0.1, 0.15) is 39.5 Å². The highest BCUT2D eigenvalue weighted by Gasteiger charge is 2.17. The van der Waals surface area contributed by atoms with Crippen molar-refractivity contribution in [3.8, 4) is 0 Å². The van der Waals surface area contributed by atoms with Gasteiger partial charge in [-0.1, -0.05) is 13.8 Å². The lowest BCUT2D eigenvalue weighted by Gasteiger charge is -2.23. The number of hydrogen-bond donors (Lipinski definition) is 3. The maximum atomic E-state index is 11.8. The van der Waals surface area contributed by atoms with Gasteiger partial charge in [-0.3, -0.25) is 4.79 Å². The van der Waals surface area contributed by atoms with Crippen molar-refractivity contribution in [2.45, 2.75) is 39.5 Å². The maximum Gasteiger partial charge on any atom is 0.314 e. The van der Waals surface area contributed by atoms with Gasteiger partial charge in [0.1, 0.15) is 0 Å². The molecule has 0 aliphatic carbocycles.